The van der Waals surface area contributed by atoms with Gasteiger partial charge in [0.05, 0.1) is 6.61 Å². The Hall–Kier alpha value is -0.299. The Kier molecular flexibility index (Phi) is 10.8. The third-order valence-corrected chi connectivity index (χ3v) is 12.3. The summed E-state index contributed by atoms with van der Waals surface area (Å²) < 4.78 is 18.0. The fourth-order valence-corrected chi connectivity index (χ4v) is 10.7. The molecule has 3 atom stereocenters. The van der Waals surface area contributed by atoms with Gasteiger partial charge in [-0.3, -0.25) is 0 Å². The first kappa shape index (κ1) is 25.7. The van der Waals surface area contributed by atoms with Crippen LogP contribution < -0.4 is 0 Å². The summed E-state index contributed by atoms with van der Waals surface area (Å²) in [7, 11) is -5.38. The molecule has 154 valence electrons. The van der Waals surface area contributed by atoms with E-state index in [4.69, 9.17) is 13.0 Å². The van der Waals surface area contributed by atoms with E-state index in [9.17, 15) is 15.0 Å². The van der Waals surface area contributed by atoms with E-state index in [2.05, 4.69) is 52.8 Å². The summed E-state index contributed by atoms with van der Waals surface area (Å²) in [6.07, 6.45) is -0.742. The smallest absolute Gasteiger partial charge is 0.333 e. The lowest BCUT2D eigenvalue weighted by atomic mass is 10.1. The van der Waals surface area contributed by atoms with Crippen molar-refractivity contribution in [2.75, 3.05) is 6.61 Å². The molecule has 6 nitrogen and oxygen atoms in total. The van der Waals surface area contributed by atoms with Crippen molar-refractivity contribution in [3.8, 4) is 0 Å². The second-order valence-corrected chi connectivity index (χ2v) is 21.1. The number of rotatable bonds is 12. The van der Waals surface area contributed by atoms with Gasteiger partial charge in [0.15, 0.2) is 16.6 Å². The summed E-state index contributed by atoms with van der Waals surface area (Å²) in [4.78, 5) is 11.8. The summed E-state index contributed by atoms with van der Waals surface area (Å²) in [6.45, 7) is 19.7. The lowest BCUT2D eigenvalue weighted by Gasteiger charge is -2.34. The third-order valence-electron chi connectivity index (χ3n) is 3.53. The van der Waals surface area contributed by atoms with Crippen LogP contribution in [-0.4, -0.2) is 60.9 Å². The van der Waals surface area contributed by atoms with Crippen LogP contribution in [0.15, 0.2) is 12.2 Å². The zero-order chi connectivity index (χ0) is 20.7. The Morgan fingerprint density at radius 2 is 1.54 bits per heavy atom. The average molecular weight is 423 g/mol. The van der Waals surface area contributed by atoms with Crippen LogP contribution in [0.25, 0.3) is 0 Å². The lowest BCUT2D eigenvalue weighted by molar-refractivity contribution is -0.152. The highest BCUT2D eigenvalue weighted by Gasteiger charge is 2.34. The van der Waals surface area contributed by atoms with Gasteiger partial charge in [-0.2, -0.15) is 0 Å². The molecular weight excluding hydrogens is 384 g/mol. The van der Waals surface area contributed by atoms with E-state index < -0.39 is 50.7 Å². The molecule has 0 aliphatic carbocycles. The van der Waals surface area contributed by atoms with Gasteiger partial charge in [0.2, 0.25) is 0 Å². The molecule has 3 unspecified atom stereocenters. The van der Waals surface area contributed by atoms with Gasteiger partial charge < -0.3 is 23.2 Å². The molecule has 0 radical (unpaired) electrons. The first-order chi connectivity index (χ1) is 11.7. The molecule has 0 saturated heterocycles. The number of hydrogen-bond acceptors (Lipinski definition) is 6. The Labute approximate surface area is 162 Å². The Balaban J connectivity index is 5.02. The molecule has 26 heavy (non-hydrogen) atoms. The second kappa shape index (κ2) is 10.9. The van der Waals surface area contributed by atoms with Crippen molar-refractivity contribution in [2.24, 2.45) is 0 Å². The maximum absolute atomic E-state index is 11.8. The highest BCUT2D eigenvalue weighted by Crippen LogP contribution is 2.26. The minimum atomic E-state index is -1.91. The minimum absolute atomic E-state index is 0.199. The second-order valence-electron chi connectivity index (χ2n) is 8.86. The molecule has 2 N–H and O–H groups in total. The van der Waals surface area contributed by atoms with Crippen LogP contribution in [0.3, 0.4) is 0 Å². The van der Waals surface area contributed by atoms with Crippen LogP contribution in [0.2, 0.25) is 44.8 Å². The molecule has 0 fully saturated rings. The molecule has 0 spiro atoms. The van der Waals surface area contributed by atoms with Crippen LogP contribution in [0.1, 0.15) is 26.7 Å². The van der Waals surface area contributed by atoms with Crippen molar-refractivity contribution >= 4 is 31.9 Å². The number of aliphatic hydroxyl groups is 2. The standard InChI is InChI=1S/C17H38O6Si3/c1-13(2)17(20)21-16(15(19)12-18)11-10-14(3)24(22-25(4,5)6)23-26(7,8)9/h14-16,18-19,24H,1,10-12H2,2-9H3. The van der Waals surface area contributed by atoms with Gasteiger partial charge in [-0.15, -0.1) is 0 Å². The first-order valence-electron chi connectivity index (χ1n) is 9.17. The van der Waals surface area contributed by atoms with Gasteiger partial charge in [0.1, 0.15) is 12.2 Å². The quantitative estimate of drug-likeness (QED) is 0.286. The highest BCUT2D eigenvalue weighted by molar-refractivity contribution is 6.81. The average Bonchev–Trinajstić information content (AvgIpc) is 2.46. The fourth-order valence-electron chi connectivity index (χ4n) is 2.20. The van der Waals surface area contributed by atoms with Crippen molar-refractivity contribution in [2.45, 2.75) is 83.7 Å². The van der Waals surface area contributed by atoms with E-state index in [0.717, 1.165) is 0 Å². The van der Waals surface area contributed by atoms with Crippen LogP contribution >= 0.6 is 0 Å². The van der Waals surface area contributed by atoms with Crippen molar-refractivity contribution < 1.29 is 28.0 Å². The number of aliphatic hydroxyl groups excluding tert-OH is 2. The molecule has 0 heterocycles. The fraction of sp³-hybridized carbons (Fsp3) is 0.824. The zero-order valence-electron chi connectivity index (χ0n) is 17.7. The largest absolute Gasteiger partial charge is 0.456 e. The van der Waals surface area contributed by atoms with Gasteiger partial charge in [-0.05, 0) is 64.6 Å². The van der Waals surface area contributed by atoms with Crippen molar-refractivity contribution in [1.82, 2.24) is 0 Å². The van der Waals surface area contributed by atoms with Crippen LogP contribution in [0.4, 0.5) is 0 Å². The highest BCUT2D eigenvalue weighted by atomic mass is 28.4. The van der Waals surface area contributed by atoms with Gasteiger partial charge in [0.25, 0.3) is 0 Å². The molecule has 0 bridgehead atoms. The topological polar surface area (TPSA) is 85.2 Å². The van der Waals surface area contributed by atoms with Crippen molar-refractivity contribution in [3.05, 3.63) is 12.2 Å². The lowest BCUT2D eigenvalue weighted by Crippen LogP contribution is -2.45. The summed E-state index contributed by atoms with van der Waals surface area (Å²) in [6, 6.07) is 0. The monoisotopic (exact) mass is 422 g/mol. The SMILES string of the molecule is C=C(C)C(=O)OC(CCC(C)[SiH](O[Si](C)(C)C)O[Si](C)(C)C)C(O)CO. The number of esters is 1. The van der Waals surface area contributed by atoms with Crippen LogP contribution in [0.5, 0.6) is 0 Å². The van der Waals surface area contributed by atoms with E-state index >= 15 is 0 Å². The molecule has 0 aromatic heterocycles. The van der Waals surface area contributed by atoms with E-state index in [1.54, 1.807) is 6.92 Å². The molecule has 0 aliphatic heterocycles. The third kappa shape index (κ3) is 11.4. The number of carbonyl (C=O) groups is 1. The van der Waals surface area contributed by atoms with Crippen molar-refractivity contribution in [1.29, 1.82) is 0 Å². The Bertz CT molecular complexity index is 442. The Morgan fingerprint density at radius 1 is 1.08 bits per heavy atom. The van der Waals surface area contributed by atoms with E-state index in [1.165, 1.54) is 0 Å². The van der Waals surface area contributed by atoms with Gasteiger partial charge in [-0.1, -0.05) is 13.5 Å². The van der Waals surface area contributed by atoms with E-state index in [-0.39, 0.29) is 11.1 Å². The Morgan fingerprint density at radius 3 is 1.88 bits per heavy atom. The number of hydrogen-bond donors (Lipinski definition) is 2. The van der Waals surface area contributed by atoms with Crippen LogP contribution in [-0.2, 0) is 17.8 Å². The summed E-state index contributed by atoms with van der Waals surface area (Å²) >= 11 is 0. The normalized spacial score (nSPS) is 16.3. The molecule has 0 amide bonds. The predicted molar refractivity (Wildman–Crippen MR) is 112 cm³/mol. The summed E-state index contributed by atoms with van der Waals surface area (Å²) in [5, 5.41) is 19.2. The molecule has 0 aliphatic rings. The minimum Gasteiger partial charge on any atom is -0.456 e. The molecular formula is C17H38O6Si3. The van der Waals surface area contributed by atoms with Gasteiger partial charge >= 0.3 is 15.3 Å². The van der Waals surface area contributed by atoms with Gasteiger partial charge in [0, 0.05) is 5.57 Å². The van der Waals surface area contributed by atoms with E-state index in [0.29, 0.717) is 12.8 Å². The zero-order valence-corrected chi connectivity index (χ0v) is 20.8. The first-order valence-corrected chi connectivity index (χ1v) is 17.6. The maximum Gasteiger partial charge on any atom is 0.333 e. The molecule has 0 aromatic rings. The molecule has 0 rings (SSSR count). The molecule has 0 aromatic carbocycles. The van der Waals surface area contributed by atoms with E-state index in [1.807, 2.05) is 0 Å². The maximum atomic E-state index is 11.8. The molecule has 9 heteroatoms. The summed E-state index contributed by atoms with van der Waals surface area (Å²) in [5.41, 5.74) is 0.468. The predicted octanol–water partition coefficient (Wildman–Crippen LogP) is 2.92. The number of carbonyl (C=O) groups excluding carboxylic acids is 1. The van der Waals surface area contributed by atoms with Crippen LogP contribution in [0, 0.1) is 0 Å². The van der Waals surface area contributed by atoms with Gasteiger partial charge in [-0.25, -0.2) is 4.79 Å². The summed E-state index contributed by atoms with van der Waals surface area (Å²) in [5.74, 6) is -0.555. The number of ether oxygens (including phenoxy) is 1. The van der Waals surface area contributed by atoms with Crippen molar-refractivity contribution in [3.63, 3.8) is 0 Å². The molecule has 0 saturated carbocycles.